The quantitative estimate of drug-likeness (QED) is 0.609. The number of hydrogen-bond acceptors (Lipinski definition) is 4. The highest BCUT2D eigenvalue weighted by Crippen LogP contribution is 2.06. The van der Waals surface area contributed by atoms with E-state index in [9.17, 15) is 0 Å². The first-order valence-corrected chi connectivity index (χ1v) is 6.11. The van der Waals surface area contributed by atoms with Crippen molar-refractivity contribution in [3.8, 4) is 0 Å². The third-order valence-electron chi connectivity index (χ3n) is 3.07. The van der Waals surface area contributed by atoms with Gasteiger partial charge in [-0.15, -0.1) is 0 Å². The lowest BCUT2D eigenvalue weighted by atomic mass is 10.00. The molecule has 0 rings (SSSR count). The monoisotopic (exact) mass is 232 g/mol. The molecule has 0 spiro atoms. The van der Waals surface area contributed by atoms with Gasteiger partial charge in [-0.25, -0.2) is 0 Å². The zero-order valence-electron chi connectivity index (χ0n) is 11.2. The number of nitrogens with zero attached hydrogens (tertiary/aromatic N) is 1. The summed E-state index contributed by atoms with van der Waals surface area (Å²) in [5.41, 5.74) is 6.15. The maximum Gasteiger partial charge on any atom is 0.0589 e. The van der Waals surface area contributed by atoms with Crippen LogP contribution in [0.4, 0.5) is 0 Å². The molecule has 0 heterocycles. The molecule has 98 valence electrons. The van der Waals surface area contributed by atoms with Gasteiger partial charge in [0.1, 0.15) is 0 Å². The first-order valence-electron chi connectivity index (χ1n) is 6.11. The lowest BCUT2D eigenvalue weighted by Crippen LogP contribution is -2.43. The fourth-order valence-corrected chi connectivity index (χ4v) is 1.52. The fraction of sp³-hybridized carbons (Fsp3) is 1.00. The molecule has 0 saturated heterocycles. The summed E-state index contributed by atoms with van der Waals surface area (Å²) < 4.78 is 10.2. The van der Waals surface area contributed by atoms with E-state index in [0.29, 0.717) is 5.92 Å². The summed E-state index contributed by atoms with van der Waals surface area (Å²) in [5.74, 6) is 0.563. The maximum absolute atomic E-state index is 6.15. The van der Waals surface area contributed by atoms with Crippen LogP contribution in [0.2, 0.25) is 0 Å². The van der Waals surface area contributed by atoms with Gasteiger partial charge in [-0.3, -0.25) is 4.90 Å². The molecule has 0 aliphatic carbocycles. The van der Waals surface area contributed by atoms with Crippen LogP contribution >= 0.6 is 0 Å². The molecule has 4 heteroatoms. The van der Waals surface area contributed by atoms with Gasteiger partial charge in [0.05, 0.1) is 13.2 Å². The van der Waals surface area contributed by atoms with Gasteiger partial charge < -0.3 is 15.2 Å². The van der Waals surface area contributed by atoms with Gasteiger partial charge in [-0.05, 0) is 5.92 Å². The first-order chi connectivity index (χ1) is 7.65. The summed E-state index contributed by atoms with van der Waals surface area (Å²) in [4.78, 5) is 2.31. The third kappa shape index (κ3) is 7.17. The van der Waals surface area contributed by atoms with Crippen molar-refractivity contribution in [3.05, 3.63) is 0 Å². The van der Waals surface area contributed by atoms with Gasteiger partial charge in [-0.2, -0.15) is 0 Å². The molecule has 2 unspecified atom stereocenters. The molecule has 0 aromatic carbocycles. The standard InChI is InChI=1S/C12H28N2O2/c1-5-11(2)12(13)10-14(6-8-15-3)7-9-16-4/h11-12H,5-10,13H2,1-4H3. The number of rotatable bonds is 10. The molecule has 4 nitrogen and oxygen atoms in total. The van der Waals surface area contributed by atoms with Crippen molar-refractivity contribution >= 4 is 0 Å². The van der Waals surface area contributed by atoms with Gasteiger partial charge in [0.25, 0.3) is 0 Å². The van der Waals surface area contributed by atoms with E-state index in [1.54, 1.807) is 14.2 Å². The van der Waals surface area contributed by atoms with Crippen molar-refractivity contribution < 1.29 is 9.47 Å². The average molecular weight is 232 g/mol. The van der Waals surface area contributed by atoms with E-state index in [-0.39, 0.29) is 6.04 Å². The molecule has 0 bridgehead atoms. The van der Waals surface area contributed by atoms with Crippen LogP contribution in [0.5, 0.6) is 0 Å². The molecule has 0 aliphatic rings. The molecule has 2 N–H and O–H groups in total. The zero-order valence-corrected chi connectivity index (χ0v) is 11.2. The molecular weight excluding hydrogens is 204 g/mol. The second-order valence-corrected chi connectivity index (χ2v) is 4.34. The molecule has 0 amide bonds. The van der Waals surface area contributed by atoms with E-state index in [2.05, 4.69) is 18.7 Å². The van der Waals surface area contributed by atoms with E-state index in [0.717, 1.165) is 39.3 Å². The normalized spacial score (nSPS) is 15.4. The Labute approximate surface area is 100 Å². The number of nitrogens with two attached hydrogens (primary N) is 1. The highest BCUT2D eigenvalue weighted by atomic mass is 16.5. The second kappa shape index (κ2) is 10.0. The summed E-state index contributed by atoms with van der Waals surface area (Å²) >= 11 is 0. The van der Waals surface area contributed by atoms with E-state index in [1.807, 2.05) is 0 Å². The first kappa shape index (κ1) is 15.8. The van der Waals surface area contributed by atoms with Crippen molar-refractivity contribution in [1.29, 1.82) is 0 Å². The Morgan fingerprint density at radius 1 is 1.12 bits per heavy atom. The van der Waals surface area contributed by atoms with Crippen LogP contribution in [0, 0.1) is 5.92 Å². The minimum Gasteiger partial charge on any atom is -0.383 e. The smallest absolute Gasteiger partial charge is 0.0589 e. The fourth-order valence-electron chi connectivity index (χ4n) is 1.52. The predicted octanol–water partition coefficient (Wildman–Crippen LogP) is 0.955. The number of ether oxygens (including phenoxy) is 2. The molecular formula is C12H28N2O2. The SMILES string of the molecule is CCC(C)C(N)CN(CCOC)CCOC. The molecule has 16 heavy (non-hydrogen) atoms. The molecule has 0 fully saturated rings. The van der Waals surface area contributed by atoms with Crippen LogP contribution in [0.1, 0.15) is 20.3 Å². The summed E-state index contributed by atoms with van der Waals surface area (Å²) in [6.45, 7) is 8.64. The van der Waals surface area contributed by atoms with Gasteiger partial charge >= 0.3 is 0 Å². The van der Waals surface area contributed by atoms with E-state index in [1.165, 1.54) is 0 Å². The van der Waals surface area contributed by atoms with Gasteiger partial charge in [0.2, 0.25) is 0 Å². The lowest BCUT2D eigenvalue weighted by Gasteiger charge is -2.27. The summed E-state index contributed by atoms with van der Waals surface area (Å²) in [6, 6.07) is 0.235. The number of methoxy groups -OCH3 is 2. The highest BCUT2D eigenvalue weighted by molar-refractivity contribution is 4.73. The topological polar surface area (TPSA) is 47.7 Å². The Morgan fingerprint density at radius 2 is 1.62 bits per heavy atom. The van der Waals surface area contributed by atoms with Crippen molar-refractivity contribution in [2.45, 2.75) is 26.3 Å². The van der Waals surface area contributed by atoms with Crippen molar-refractivity contribution in [2.75, 3.05) is 47.1 Å². The molecule has 2 atom stereocenters. The highest BCUT2D eigenvalue weighted by Gasteiger charge is 2.15. The van der Waals surface area contributed by atoms with Crippen LogP contribution < -0.4 is 5.73 Å². The number of hydrogen-bond donors (Lipinski definition) is 1. The van der Waals surface area contributed by atoms with Crippen LogP contribution in [0.3, 0.4) is 0 Å². The predicted molar refractivity (Wildman–Crippen MR) is 67.6 cm³/mol. The minimum atomic E-state index is 0.235. The van der Waals surface area contributed by atoms with Crippen molar-refractivity contribution in [2.24, 2.45) is 11.7 Å². The molecule has 0 saturated carbocycles. The molecule has 0 aromatic rings. The average Bonchev–Trinajstić information content (AvgIpc) is 2.31. The molecule has 0 radical (unpaired) electrons. The maximum atomic E-state index is 6.15. The van der Waals surface area contributed by atoms with Crippen LogP contribution in [0.25, 0.3) is 0 Å². The lowest BCUT2D eigenvalue weighted by molar-refractivity contribution is 0.106. The van der Waals surface area contributed by atoms with Gasteiger partial charge in [-0.1, -0.05) is 20.3 Å². The Bertz CT molecular complexity index is 148. The Kier molecular flexibility index (Phi) is 9.92. The van der Waals surface area contributed by atoms with Crippen LogP contribution in [0.15, 0.2) is 0 Å². The Hall–Kier alpha value is -0.160. The summed E-state index contributed by atoms with van der Waals surface area (Å²) in [6.07, 6.45) is 1.13. The van der Waals surface area contributed by atoms with Gasteiger partial charge in [0, 0.05) is 39.9 Å². The Morgan fingerprint density at radius 3 is 2.00 bits per heavy atom. The summed E-state index contributed by atoms with van der Waals surface area (Å²) in [5, 5.41) is 0. The third-order valence-corrected chi connectivity index (χ3v) is 3.07. The van der Waals surface area contributed by atoms with Crippen LogP contribution in [-0.4, -0.2) is 58.0 Å². The van der Waals surface area contributed by atoms with E-state index in [4.69, 9.17) is 15.2 Å². The largest absolute Gasteiger partial charge is 0.383 e. The van der Waals surface area contributed by atoms with E-state index < -0.39 is 0 Å². The van der Waals surface area contributed by atoms with E-state index >= 15 is 0 Å². The minimum absolute atomic E-state index is 0.235. The zero-order chi connectivity index (χ0) is 12.4. The van der Waals surface area contributed by atoms with Crippen LogP contribution in [-0.2, 0) is 9.47 Å². The summed E-state index contributed by atoms with van der Waals surface area (Å²) in [7, 11) is 3.45. The molecule has 0 aliphatic heterocycles. The second-order valence-electron chi connectivity index (χ2n) is 4.34. The van der Waals surface area contributed by atoms with Crippen molar-refractivity contribution in [1.82, 2.24) is 4.90 Å². The van der Waals surface area contributed by atoms with Gasteiger partial charge in [0.15, 0.2) is 0 Å². The Balaban J connectivity index is 3.96. The van der Waals surface area contributed by atoms with Crippen molar-refractivity contribution in [3.63, 3.8) is 0 Å². The molecule has 0 aromatic heterocycles.